The number of nitrogens with zero attached hydrogens (tertiary/aromatic N) is 2. The first-order chi connectivity index (χ1) is 8.92. The van der Waals surface area contributed by atoms with Crippen LogP contribution < -0.4 is 5.73 Å². The van der Waals surface area contributed by atoms with Crippen LogP contribution in [0.3, 0.4) is 0 Å². The first-order valence-corrected chi connectivity index (χ1v) is 7.18. The summed E-state index contributed by atoms with van der Waals surface area (Å²) in [6.45, 7) is 9.27. The topological polar surface area (TPSA) is 43.8 Å². The first kappa shape index (κ1) is 14.4. The van der Waals surface area contributed by atoms with E-state index >= 15 is 0 Å². The van der Waals surface area contributed by atoms with Crippen molar-refractivity contribution in [2.24, 2.45) is 5.73 Å². The molecule has 2 aromatic rings. The van der Waals surface area contributed by atoms with Crippen LogP contribution in [0.15, 0.2) is 18.2 Å². The van der Waals surface area contributed by atoms with Gasteiger partial charge in [0.05, 0.1) is 11.0 Å². The average molecular weight is 280 g/mol. The van der Waals surface area contributed by atoms with Crippen LogP contribution in [0.2, 0.25) is 5.02 Å². The highest BCUT2D eigenvalue weighted by atomic mass is 35.5. The molecule has 0 aliphatic heterocycles. The number of halogens is 1. The van der Waals surface area contributed by atoms with Gasteiger partial charge in [-0.05, 0) is 38.5 Å². The van der Waals surface area contributed by atoms with Gasteiger partial charge < -0.3 is 10.3 Å². The molecule has 0 bridgehead atoms. The normalized spacial score (nSPS) is 15.1. The number of rotatable bonds is 4. The maximum atomic E-state index is 6.07. The molecule has 0 saturated heterocycles. The zero-order chi connectivity index (χ0) is 14.2. The number of hydrogen-bond donors (Lipinski definition) is 1. The van der Waals surface area contributed by atoms with Gasteiger partial charge >= 0.3 is 0 Å². The molecule has 1 heterocycles. The highest BCUT2D eigenvalue weighted by Crippen LogP contribution is 2.32. The van der Waals surface area contributed by atoms with E-state index in [1.54, 1.807) is 0 Å². The summed E-state index contributed by atoms with van der Waals surface area (Å²) in [6.07, 6.45) is 0.966. The summed E-state index contributed by atoms with van der Waals surface area (Å²) in [4.78, 5) is 4.81. The average Bonchev–Trinajstić information content (AvgIpc) is 2.76. The van der Waals surface area contributed by atoms with Crippen molar-refractivity contribution in [3.05, 3.63) is 29.0 Å². The van der Waals surface area contributed by atoms with Gasteiger partial charge in [-0.15, -0.1) is 0 Å². The molecule has 3 nitrogen and oxygen atoms in total. The van der Waals surface area contributed by atoms with Gasteiger partial charge in [0.15, 0.2) is 0 Å². The number of hydrogen-bond acceptors (Lipinski definition) is 2. The minimum Gasteiger partial charge on any atom is -0.329 e. The lowest BCUT2D eigenvalue weighted by Crippen LogP contribution is -2.34. The largest absolute Gasteiger partial charge is 0.329 e. The maximum absolute atomic E-state index is 6.07. The zero-order valence-electron chi connectivity index (χ0n) is 12.1. The van der Waals surface area contributed by atoms with Crippen molar-refractivity contribution in [3.63, 3.8) is 0 Å². The van der Waals surface area contributed by atoms with E-state index in [1.807, 2.05) is 18.2 Å². The third-order valence-corrected chi connectivity index (χ3v) is 4.17. The van der Waals surface area contributed by atoms with E-state index in [9.17, 15) is 0 Å². The predicted octanol–water partition coefficient (Wildman–Crippen LogP) is 3.90. The Kier molecular flexibility index (Phi) is 3.88. The molecule has 1 atom stereocenters. The van der Waals surface area contributed by atoms with E-state index in [4.69, 9.17) is 22.3 Å². The SMILES string of the molecule is CCC(C)(CN)c1nc2cc(Cl)ccc2n1C(C)C. The number of aromatic nitrogens is 2. The monoisotopic (exact) mass is 279 g/mol. The van der Waals surface area contributed by atoms with Crippen molar-refractivity contribution in [1.82, 2.24) is 9.55 Å². The molecule has 0 radical (unpaired) electrons. The molecule has 0 amide bonds. The molecular formula is C15H22ClN3. The van der Waals surface area contributed by atoms with E-state index in [2.05, 4.69) is 32.3 Å². The van der Waals surface area contributed by atoms with Gasteiger partial charge in [-0.2, -0.15) is 0 Å². The predicted molar refractivity (Wildman–Crippen MR) is 81.8 cm³/mol. The molecule has 4 heteroatoms. The smallest absolute Gasteiger partial charge is 0.117 e. The second kappa shape index (κ2) is 5.14. The maximum Gasteiger partial charge on any atom is 0.117 e. The fraction of sp³-hybridized carbons (Fsp3) is 0.533. The fourth-order valence-corrected chi connectivity index (χ4v) is 2.58. The van der Waals surface area contributed by atoms with Crippen LogP contribution in [0.4, 0.5) is 0 Å². The minimum absolute atomic E-state index is 0.101. The van der Waals surface area contributed by atoms with Crippen LogP contribution in [0.25, 0.3) is 11.0 Å². The molecule has 2 rings (SSSR count). The summed E-state index contributed by atoms with van der Waals surface area (Å²) in [6, 6.07) is 6.23. The molecule has 0 fully saturated rings. The van der Waals surface area contributed by atoms with Crippen molar-refractivity contribution >= 4 is 22.6 Å². The van der Waals surface area contributed by atoms with Crippen molar-refractivity contribution in [2.45, 2.75) is 45.6 Å². The van der Waals surface area contributed by atoms with E-state index in [-0.39, 0.29) is 5.41 Å². The number of imidazole rings is 1. The van der Waals surface area contributed by atoms with Crippen molar-refractivity contribution in [1.29, 1.82) is 0 Å². The minimum atomic E-state index is -0.101. The van der Waals surface area contributed by atoms with Gasteiger partial charge in [-0.25, -0.2) is 4.98 Å². The quantitative estimate of drug-likeness (QED) is 0.922. The van der Waals surface area contributed by atoms with Gasteiger partial charge in [-0.1, -0.05) is 25.4 Å². The lowest BCUT2D eigenvalue weighted by Gasteiger charge is -2.28. The Labute approximate surface area is 119 Å². The first-order valence-electron chi connectivity index (χ1n) is 6.81. The fourth-order valence-electron chi connectivity index (χ4n) is 2.41. The number of fused-ring (bicyclic) bond motifs is 1. The summed E-state index contributed by atoms with van der Waals surface area (Å²) in [7, 11) is 0. The molecule has 1 aromatic carbocycles. The van der Waals surface area contributed by atoms with E-state index in [1.165, 1.54) is 0 Å². The van der Waals surface area contributed by atoms with Crippen LogP contribution in [0.5, 0.6) is 0 Å². The van der Waals surface area contributed by atoms with Crippen LogP contribution in [0.1, 0.15) is 46.0 Å². The lowest BCUT2D eigenvalue weighted by molar-refractivity contribution is 0.405. The Bertz CT molecular complexity index is 582. The van der Waals surface area contributed by atoms with Crippen molar-refractivity contribution < 1.29 is 0 Å². The van der Waals surface area contributed by atoms with Gasteiger partial charge in [0, 0.05) is 23.0 Å². The van der Waals surface area contributed by atoms with Crippen LogP contribution in [-0.4, -0.2) is 16.1 Å². The molecule has 0 spiro atoms. The molecular weight excluding hydrogens is 258 g/mol. The second-order valence-electron chi connectivity index (χ2n) is 5.65. The third-order valence-electron chi connectivity index (χ3n) is 3.94. The van der Waals surface area contributed by atoms with Crippen molar-refractivity contribution in [3.8, 4) is 0 Å². The summed E-state index contributed by atoms with van der Waals surface area (Å²) in [5, 5.41) is 0.721. The summed E-state index contributed by atoms with van der Waals surface area (Å²) >= 11 is 6.07. The molecule has 1 unspecified atom stereocenters. The lowest BCUT2D eigenvalue weighted by atomic mass is 9.86. The molecule has 19 heavy (non-hydrogen) atoms. The molecule has 0 aliphatic carbocycles. The summed E-state index contributed by atoms with van der Waals surface area (Å²) in [5.41, 5.74) is 7.97. The highest BCUT2D eigenvalue weighted by Gasteiger charge is 2.30. The Morgan fingerprint density at radius 1 is 1.42 bits per heavy atom. The van der Waals surface area contributed by atoms with Gasteiger partial charge in [0.25, 0.3) is 0 Å². The van der Waals surface area contributed by atoms with Gasteiger partial charge in [0.2, 0.25) is 0 Å². The van der Waals surface area contributed by atoms with Gasteiger partial charge in [-0.3, -0.25) is 0 Å². The highest BCUT2D eigenvalue weighted by molar-refractivity contribution is 6.31. The Morgan fingerprint density at radius 3 is 2.63 bits per heavy atom. The van der Waals surface area contributed by atoms with E-state index in [0.717, 1.165) is 28.3 Å². The third kappa shape index (κ3) is 2.37. The van der Waals surface area contributed by atoms with Gasteiger partial charge in [0.1, 0.15) is 5.82 Å². The molecule has 0 saturated carbocycles. The second-order valence-corrected chi connectivity index (χ2v) is 6.09. The van der Waals surface area contributed by atoms with Crippen molar-refractivity contribution in [2.75, 3.05) is 6.54 Å². The van der Waals surface area contributed by atoms with Crippen LogP contribution >= 0.6 is 11.6 Å². The Hall–Kier alpha value is -1.06. The summed E-state index contributed by atoms with van der Waals surface area (Å²) < 4.78 is 2.28. The van der Waals surface area contributed by atoms with Crippen LogP contribution in [-0.2, 0) is 5.41 Å². The number of nitrogens with two attached hydrogens (primary N) is 1. The summed E-state index contributed by atoms with van der Waals surface area (Å²) in [5.74, 6) is 1.06. The van der Waals surface area contributed by atoms with E-state index in [0.29, 0.717) is 12.6 Å². The molecule has 2 N–H and O–H groups in total. The molecule has 0 aliphatic rings. The van der Waals surface area contributed by atoms with E-state index < -0.39 is 0 Å². The Balaban J connectivity index is 2.76. The Morgan fingerprint density at radius 2 is 2.11 bits per heavy atom. The standard InChI is InChI=1S/C15H22ClN3/c1-5-15(4,9-17)14-18-12-8-11(16)6-7-13(12)19(14)10(2)3/h6-8,10H,5,9,17H2,1-4H3. The number of benzene rings is 1. The van der Waals surface area contributed by atoms with Crippen LogP contribution in [0, 0.1) is 0 Å². The molecule has 1 aromatic heterocycles. The molecule has 104 valence electrons. The zero-order valence-corrected chi connectivity index (χ0v) is 12.8.